The van der Waals surface area contributed by atoms with E-state index in [1.165, 1.54) is 25.7 Å². The molecule has 16 heavy (non-hydrogen) atoms. The van der Waals surface area contributed by atoms with Gasteiger partial charge in [-0.15, -0.1) is 5.10 Å². The Bertz CT molecular complexity index is 355. The van der Waals surface area contributed by atoms with Gasteiger partial charge in [-0.3, -0.25) is 9.48 Å². The van der Waals surface area contributed by atoms with Gasteiger partial charge in [-0.05, 0) is 12.8 Å². The molecule has 0 amide bonds. The summed E-state index contributed by atoms with van der Waals surface area (Å²) in [6, 6.07) is 0.547. The second-order valence-electron chi connectivity index (χ2n) is 4.46. The predicted molar refractivity (Wildman–Crippen MR) is 60.0 cm³/mol. The molecule has 0 saturated heterocycles. The highest BCUT2D eigenvalue weighted by molar-refractivity contribution is 5.82. The molecule has 1 fully saturated rings. The number of nitrogens with zero attached hydrogens (tertiary/aromatic N) is 3. The largest absolute Gasteiger partial charge is 0.307 e. The Balaban J connectivity index is 1.71. The van der Waals surface area contributed by atoms with E-state index in [1.807, 2.05) is 0 Å². The Labute approximate surface area is 95.2 Å². The zero-order chi connectivity index (χ0) is 11.4. The summed E-state index contributed by atoms with van der Waals surface area (Å²) in [6.45, 7) is 0.460. The molecule has 1 N–H and O–H groups in total. The number of carbonyl (C=O) groups excluding carboxylic acids is 1. The zero-order valence-corrected chi connectivity index (χ0v) is 9.65. The lowest BCUT2D eigenvalue weighted by Gasteiger charge is -2.09. The van der Waals surface area contributed by atoms with Crippen LogP contribution < -0.4 is 5.32 Å². The quantitative estimate of drug-likeness (QED) is 0.786. The molecule has 0 unspecified atom stereocenters. The number of hydrogen-bond acceptors (Lipinski definition) is 4. The molecule has 5 nitrogen and oxygen atoms in total. The van der Waals surface area contributed by atoms with Gasteiger partial charge >= 0.3 is 0 Å². The Morgan fingerprint density at radius 1 is 1.56 bits per heavy atom. The first-order valence-electron chi connectivity index (χ1n) is 5.84. The van der Waals surface area contributed by atoms with Crippen molar-refractivity contribution in [3.8, 4) is 0 Å². The van der Waals surface area contributed by atoms with Gasteiger partial charge in [-0.25, -0.2) is 0 Å². The molecular weight excluding hydrogens is 204 g/mol. The van der Waals surface area contributed by atoms with Crippen LogP contribution >= 0.6 is 0 Å². The maximum Gasteiger partial charge on any atom is 0.152 e. The van der Waals surface area contributed by atoms with E-state index >= 15 is 0 Å². The first kappa shape index (κ1) is 11.3. The smallest absolute Gasteiger partial charge is 0.152 e. The van der Waals surface area contributed by atoms with E-state index in [2.05, 4.69) is 15.6 Å². The molecule has 0 bridgehead atoms. The number of hydrogen-bond donors (Lipinski definition) is 1. The Hall–Kier alpha value is -1.23. The first-order valence-corrected chi connectivity index (χ1v) is 5.84. The second kappa shape index (κ2) is 5.21. The van der Waals surface area contributed by atoms with Crippen LogP contribution in [-0.4, -0.2) is 33.4 Å². The van der Waals surface area contributed by atoms with Gasteiger partial charge in [0.1, 0.15) is 0 Å². The molecule has 1 aliphatic rings. The van der Waals surface area contributed by atoms with Crippen molar-refractivity contribution in [2.75, 3.05) is 6.54 Å². The van der Waals surface area contributed by atoms with E-state index in [-0.39, 0.29) is 5.78 Å². The second-order valence-corrected chi connectivity index (χ2v) is 4.46. The van der Waals surface area contributed by atoms with Crippen LogP contribution in [0, 0.1) is 0 Å². The Morgan fingerprint density at radius 3 is 2.94 bits per heavy atom. The maximum atomic E-state index is 11.6. The summed E-state index contributed by atoms with van der Waals surface area (Å²) in [5.74, 6) is 0.187. The summed E-state index contributed by atoms with van der Waals surface area (Å²) >= 11 is 0. The molecule has 1 heterocycles. The van der Waals surface area contributed by atoms with Gasteiger partial charge in [0.25, 0.3) is 0 Å². The molecule has 88 valence electrons. The molecule has 5 heteroatoms. The van der Waals surface area contributed by atoms with Crippen LogP contribution in [0.1, 0.15) is 31.4 Å². The number of carbonyl (C=O) groups is 1. The number of aromatic nitrogens is 3. The fourth-order valence-corrected chi connectivity index (χ4v) is 2.13. The number of aryl methyl sites for hydroxylation is 1. The van der Waals surface area contributed by atoms with E-state index in [0.717, 1.165) is 5.69 Å². The van der Waals surface area contributed by atoms with Crippen LogP contribution in [0.5, 0.6) is 0 Å². The van der Waals surface area contributed by atoms with E-state index in [0.29, 0.717) is 19.0 Å². The van der Waals surface area contributed by atoms with Crippen LogP contribution in [-0.2, 0) is 18.3 Å². The molecule has 1 aliphatic carbocycles. The normalized spacial score (nSPS) is 16.8. The monoisotopic (exact) mass is 222 g/mol. The molecular formula is C11H18N4O. The molecule has 0 aromatic carbocycles. The SMILES string of the molecule is Cn1cc(CC(=O)CNC2CCCC2)nn1. The van der Waals surface area contributed by atoms with Crippen molar-refractivity contribution in [3.63, 3.8) is 0 Å². The maximum absolute atomic E-state index is 11.6. The molecule has 1 saturated carbocycles. The van der Waals surface area contributed by atoms with Gasteiger partial charge in [-0.1, -0.05) is 18.1 Å². The summed E-state index contributed by atoms with van der Waals surface area (Å²) in [5, 5.41) is 11.0. The summed E-state index contributed by atoms with van der Waals surface area (Å²) in [7, 11) is 1.80. The van der Waals surface area contributed by atoms with Crippen LogP contribution in [0.2, 0.25) is 0 Å². The van der Waals surface area contributed by atoms with Crippen molar-refractivity contribution in [1.82, 2.24) is 20.3 Å². The third-order valence-corrected chi connectivity index (χ3v) is 2.97. The molecule has 0 radical (unpaired) electrons. The standard InChI is InChI=1S/C11H18N4O/c1-15-8-10(13-14-15)6-11(16)7-12-9-4-2-3-5-9/h8-9,12H,2-7H2,1H3. The highest BCUT2D eigenvalue weighted by Crippen LogP contribution is 2.17. The molecule has 1 aromatic heterocycles. The van der Waals surface area contributed by atoms with Crippen molar-refractivity contribution >= 4 is 5.78 Å². The molecule has 0 aliphatic heterocycles. The zero-order valence-electron chi connectivity index (χ0n) is 9.65. The van der Waals surface area contributed by atoms with Gasteiger partial charge in [0.05, 0.1) is 18.7 Å². The van der Waals surface area contributed by atoms with E-state index in [9.17, 15) is 4.79 Å². The van der Waals surface area contributed by atoms with E-state index in [4.69, 9.17) is 0 Å². The Kier molecular flexibility index (Phi) is 3.66. The predicted octanol–water partition coefficient (Wildman–Crippen LogP) is 0.459. The van der Waals surface area contributed by atoms with Crippen molar-refractivity contribution in [3.05, 3.63) is 11.9 Å². The Morgan fingerprint density at radius 2 is 2.31 bits per heavy atom. The minimum atomic E-state index is 0.187. The average molecular weight is 222 g/mol. The molecule has 0 atom stereocenters. The van der Waals surface area contributed by atoms with Crippen molar-refractivity contribution in [2.45, 2.75) is 38.1 Å². The third-order valence-electron chi connectivity index (χ3n) is 2.97. The fraction of sp³-hybridized carbons (Fsp3) is 0.727. The first-order chi connectivity index (χ1) is 7.74. The lowest BCUT2D eigenvalue weighted by Crippen LogP contribution is -2.32. The minimum Gasteiger partial charge on any atom is -0.307 e. The summed E-state index contributed by atoms with van der Waals surface area (Å²) in [4.78, 5) is 11.6. The minimum absolute atomic E-state index is 0.187. The van der Waals surface area contributed by atoms with Gasteiger partial charge in [0.2, 0.25) is 0 Å². The molecule has 2 rings (SSSR count). The summed E-state index contributed by atoms with van der Waals surface area (Å²) in [5.41, 5.74) is 0.751. The average Bonchev–Trinajstić information content (AvgIpc) is 2.87. The van der Waals surface area contributed by atoms with Crippen LogP contribution in [0.3, 0.4) is 0 Å². The number of Topliss-reactive ketones (excluding diaryl/α,β-unsaturated/α-hetero) is 1. The van der Waals surface area contributed by atoms with Gasteiger partial charge in [0, 0.05) is 19.3 Å². The number of ketones is 1. The lowest BCUT2D eigenvalue weighted by atomic mass is 10.2. The number of nitrogens with one attached hydrogen (secondary N) is 1. The van der Waals surface area contributed by atoms with E-state index in [1.54, 1.807) is 17.9 Å². The highest BCUT2D eigenvalue weighted by Gasteiger charge is 2.15. The summed E-state index contributed by atoms with van der Waals surface area (Å²) in [6.07, 6.45) is 7.16. The van der Waals surface area contributed by atoms with Crippen LogP contribution in [0.25, 0.3) is 0 Å². The van der Waals surface area contributed by atoms with Crippen molar-refractivity contribution < 1.29 is 4.79 Å². The third kappa shape index (κ3) is 3.13. The topological polar surface area (TPSA) is 59.8 Å². The van der Waals surface area contributed by atoms with Crippen LogP contribution in [0.15, 0.2) is 6.20 Å². The number of rotatable bonds is 5. The fourth-order valence-electron chi connectivity index (χ4n) is 2.13. The molecule has 1 aromatic rings. The van der Waals surface area contributed by atoms with E-state index < -0.39 is 0 Å². The van der Waals surface area contributed by atoms with Crippen molar-refractivity contribution in [1.29, 1.82) is 0 Å². The van der Waals surface area contributed by atoms with Gasteiger partial charge < -0.3 is 5.32 Å². The molecule has 0 spiro atoms. The highest BCUT2D eigenvalue weighted by atomic mass is 16.1. The van der Waals surface area contributed by atoms with Gasteiger partial charge in [-0.2, -0.15) is 0 Å². The van der Waals surface area contributed by atoms with Crippen LogP contribution in [0.4, 0.5) is 0 Å². The summed E-state index contributed by atoms with van der Waals surface area (Å²) < 4.78 is 1.62. The lowest BCUT2D eigenvalue weighted by molar-refractivity contribution is -0.117. The van der Waals surface area contributed by atoms with Gasteiger partial charge in [0.15, 0.2) is 5.78 Å². The van der Waals surface area contributed by atoms with Crippen molar-refractivity contribution in [2.24, 2.45) is 7.05 Å².